The Kier molecular flexibility index (Phi) is 6.57. The number of hydrogen-bond donors (Lipinski definition) is 2. The minimum Gasteiger partial charge on any atom is -0.439 e. The maximum Gasteiger partial charge on any atom is 0.246 e. The SMILES string of the molecule is Cn1cc(S(=O)(=O)N2CCC(Nc3ncc(C#N)c(OC4=CCCCC4(C)O)n3)C(F)C2)cn1. The zero-order chi connectivity index (χ0) is 24.5. The number of alkyl halides is 1. The molecule has 3 atom stereocenters. The molecular formula is C21H26FN7O4S. The van der Waals surface area contributed by atoms with E-state index in [-0.39, 0.29) is 41.8 Å². The van der Waals surface area contributed by atoms with Gasteiger partial charge in [-0.1, -0.05) is 0 Å². The number of sulfonamides is 1. The number of aryl methyl sites for hydroxylation is 1. The lowest BCUT2D eigenvalue weighted by atomic mass is 9.91. The molecule has 0 bridgehead atoms. The van der Waals surface area contributed by atoms with Gasteiger partial charge in [0.05, 0.1) is 18.4 Å². The first-order valence-electron chi connectivity index (χ1n) is 10.9. The average molecular weight is 492 g/mol. The molecular weight excluding hydrogens is 465 g/mol. The van der Waals surface area contributed by atoms with E-state index in [4.69, 9.17) is 4.74 Å². The first kappa shape index (κ1) is 24.1. The lowest BCUT2D eigenvalue weighted by molar-refractivity contribution is 0.0415. The zero-order valence-electron chi connectivity index (χ0n) is 18.8. The van der Waals surface area contributed by atoms with Crippen molar-refractivity contribution in [3.63, 3.8) is 0 Å². The molecule has 3 unspecified atom stereocenters. The second-order valence-electron chi connectivity index (χ2n) is 8.63. The van der Waals surface area contributed by atoms with Gasteiger partial charge in [-0.25, -0.2) is 17.8 Å². The van der Waals surface area contributed by atoms with Gasteiger partial charge < -0.3 is 15.2 Å². The molecule has 13 heteroatoms. The smallest absolute Gasteiger partial charge is 0.246 e. The summed E-state index contributed by atoms with van der Waals surface area (Å²) in [6, 6.07) is 1.21. The van der Waals surface area contributed by atoms with Crippen LogP contribution in [0.4, 0.5) is 10.3 Å². The van der Waals surface area contributed by atoms with E-state index in [0.29, 0.717) is 12.2 Å². The van der Waals surface area contributed by atoms with E-state index in [9.17, 15) is 23.2 Å². The Hall–Kier alpha value is -3.08. The highest BCUT2D eigenvalue weighted by Gasteiger charge is 2.37. The summed E-state index contributed by atoms with van der Waals surface area (Å²) in [6.07, 6.45) is 6.35. The van der Waals surface area contributed by atoms with Crippen LogP contribution in [0.15, 0.2) is 35.3 Å². The summed E-state index contributed by atoms with van der Waals surface area (Å²) in [6.45, 7) is 1.40. The number of halogens is 1. The highest BCUT2D eigenvalue weighted by Crippen LogP contribution is 2.32. The lowest BCUT2D eigenvalue weighted by Gasteiger charge is -2.34. The standard InChI is InChI=1S/C21H26FN7O4S/c1-21(30)7-4-3-5-18(21)33-19-14(9-23)10-24-20(27-19)26-17-6-8-29(13-16(17)22)34(31,32)15-11-25-28(2)12-15/h5,10-12,16-17,30H,3-4,6-8,13H2,1-2H3,(H,24,26,27). The van der Waals surface area contributed by atoms with E-state index in [2.05, 4.69) is 20.4 Å². The Labute approximate surface area is 196 Å². The largest absolute Gasteiger partial charge is 0.439 e. The third kappa shape index (κ3) is 4.89. The number of allylic oxidation sites excluding steroid dienone is 1. The van der Waals surface area contributed by atoms with Gasteiger partial charge in [-0.05, 0) is 38.7 Å². The number of hydrogen-bond acceptors (Lipinski definition) is 9. The van der Waals surface area contributed by atoms with Crippen LogP contribution in [-0.2, 0) is 17.1 Å². The first-order valence-corrected chi connectivity index (χ1v) is 12.3. The molecule has 0 amide bonds. The molecule has 0 radical (unpaired) electrons. The molecule has 2 aromatic heterocycles. The number of piperidine rings is 1. The molecule has 0 saturated carbocycles. The number of nitrogens with zero attached hydrogens (tertiary/aromatic N) is 6. The maximum absolute atomic E-state index is 15.0. The van der Waals surface area contributed by atoms with Gasteiger partial charge in [0.2, 0.25) is 21.9 Å². The average Bonchev–Trinajstić information content (AvgIpc) is 3.24. The number of nitriles is 1. The monoisotopic (exact) mass is 491 g/mol. The fraction of sp³-hybridized carbons (Fsp3) is 0.524. The molecule has 1 aliphatic carbocycles. The van der Waals surface area contributed by atoms with Gasteiger partial charge in [0.15, 0.2) is 0 Å². The molecule has 34 heavy (non-hydrogen) atoms. The van der Waals surface area contributed by atoms with E-state index in [1.165, 1.54) is 23.3 Å². The number of rotatable bonds is 6. The molecule has 1 aliphatic heterocycles. The van der Waals surface area contributed by atoms with Crippen LogP contribution < -0.4 is 10.1 Å². The number of ether oxygens (including phenoxy) is 1. The summed E-state index contributed by atoms with van der Waals surface area (Å²) >= 11 is 0. The summed E-state index contributed by atoms with van der Waals surface area (Å²) in [5.41, 5.74) is -1.11. The third-order valence-corrected chi connectivity index (χ3v) is 7.76. The van der Waals surface area contributed by atoms with Crippen molar-refractivity contribution in [2.24, 2.45) is 7.05 Å². The molecule has 2 aliphatic rings. The maximum atomic E-state index is 15.0. The van der Waals surface area contributed by atoms with Gasteiger partial charge >= 0.3 is 0 Å². The van der Waals surface area contributed by atoms with E-state index in [1.807, 2.05) is 6.07 Å². The predicted octanol–water partition coefficient (Wildman–Crippen LogP) is 1.49. The van der Waals surface area contributed by atoms with Crippen LogP contribution in [0.2, 0.25) is 0 Å². The number of nitrogens with one attached hydrogen (secondary N) is 1. The van der Waals surface area contributed by atoms with Gasteiger partial charge in [-0.15, -0.1) is 0 Å². The van der Waals surface area contributed by atoms with Crippen molar-refractivity contribution < 1.29 is 22.7 Å². The van der Waals surface area contributed by atoms with Gasteiger partial charge in [0.25, 0.3) is 0 Å². The molecule has 4 rings (SSSR count). The first-order chi connectivity index (χ1) is 16.1. The van der Waals surface area contributed by atoms with Gasteiger partial charge in [-0.3, -0.25) is 4.68 Å². The van der Waals surface area contributed by atoms with Crippen LogP contribution in [0.1, 0.15) is 38.2 Å². The Balaban J connectivity index is 1.47. The van der Waals surface area contributed by atoms with Gasteiger partial charge in [0.1, 0.15) is 34.1 Å². The van der Waals surface area contributed by atoms with Crippen molar-refractivity contribution in [3.05, 3.63) is 36.0 Å². The van der Waals surface area contributed by atoms with Crippen molar-refractivity contribution in [1.29, 1.82) is 5.26 Å². The Bertz CT molecular complexity index is 1240. The van der Waals surface area contributed by atoms with E-state index in [1.54, 1.807) is 20.0 Å². The third-order valence-electron chi connectivity index (χ3n) is 5.95. The van der Waals surface area contributed by atoms with Crippen molar-refractivity contribution >= 4 is 16.0 Å². The topological polar surface area (TPSA) is 146 Å². The highest BCUT2D eigenvalue weighted by molar-refractivity contribution is 7.89. The van der Waals surface area contributed by atoms with Crippen LogP contribution in [0, 0.1) is 11.3 Å². The number of anilines is 1. The Morgan fingerprint density at radius 3 is 2.85 bits per heavy atom. The molecule has 11 nitrogen and oxygen atoms in total. The van der Waals surface area contributed by atoms with Crippen LogP contribution in [0.5, 0.6) is 5.88 Å². The molecule has 2 N–H and O–H groups in total. The van der Waals surface area contributed by atoms with Gasteiger partial charge in [-0.2, -0.15) is 19.6 Å². The second kappa shape index (κ2) is 9.28. The second-order valence-corrected chi connectivity index (χ2v) is 10.6. The summed E-state index contributed by atoms with van der Waals surface area (Å²) in [5, 5.41) is 26.7. The Morgan fingerprint density at radius 2 is 2.21 bits per heavy atom. The van der Waals surface area contributed by atoms with Gasteiger partial charge in [0, 0.05) is 26.3 Å². The van der Waals surface area contributed by atoms with E-state index >= 15 is 0 Å². The highest BCUT2D eigenvalue weighted by atomic mass is 32.2. The Morgan fingerprint density at radius 1 is 1.41 bits per heavy atom. The minimum absolute atomic E-state index is 0.0127. The van der Waals surface area contributed by atoms with Crippen molar-refractivity contribution in [1.82, 2.24) is 24.1 Å². The quantitative estimate of drug-likeness (QED) is 0.613. The van der Waals surface area contributed by atoms with E-state index < -0.39 is 27.8 Å². The molecule has 2 aromatic rings. The van der Waals surface area contributed by atoms with Crippen molar-refractivity contribution in [2.75, 3.05) is 18.4 Å². The summed E-state index contributed by atoms with van der Waals surface area (Å²) < 4.78 is 48.7. The molecule has 0 aromatic carbocycles. The molecule has 3 heterocycles. The number of aliphatic hydroxyl groups is 1. The molecule has 1 fully saturated rings. The van der Waals surface area contributed by atoms with Crippen LogP contribution >= 0.6 is 0 Å². The number of aromatic nitrogens is 4. The molecule has 182 valence electrons. The van der Waals surface area contributed by atoms with E-state index in [0.717, 1.165) is 17.1 Å². The van der Waals surface area contributed by atoms with Crippen LogP contribution in [-0.4, -0.2) is 68.5 Å². The van der Waals surface area contributed by atoms with Crippen molar-refractivity contribution in [3.8, 4) is 11.9 Å². The zero-order valence-corrected chi connectivity index (χ0v) is 19.7. The minimum atomic E-state index is -3.85. The van der Waals surface area contributed by atoms with Crippen LogP contribution in [0.25, 0.3) is 0 Å². The van der Waals surface area contributed by atoms with Crippen LogP contribution in [0.3, 0.4) is 0 Å². The fourth-order valence-electron chi connectivity index (χ4n) is 3.97. The van der Waals surface area contributed by atoms with Crippen molar-refractivity contribution in [2.45, 2.75) is 55.3 Å². The molecule has 1 saturated heterocycles. The fourth-order valence-corrected chi connectivity index (χ4v) is 5.42. The summed E-state index contributed by atoms with van der Waals surface area (Å²) in [5.74, 6) is 0.305. The summed E-state index contributed by atoms with van der Waals surface area (Å²) in [4.78, 5) is 8.30. The predicted molar refractivity (Wildman–Crippen MR) is 119 cm³/mol. The molecule has 0 spiro atoms. The summed E-state index contributed by atoms with van der Waals surface area (Å²) in [7, 11) is -2.24. The lowest BCUT2D eigenvalue weighted by Crippen LogP contribution is -2.49. The normalized spacial score (nSPS) is 25.9.